The number of nitrogens with zero attached hydrogens (tertiary/aromatic N) is 2. The topological polar surface area (TPSA) is 88.1 Å². The molecule has 7 nitrogen and oxygen atoms in total. The highest BCUT2D eigenvalue weighted by Crippen LogP contribution is 2.32. The summed E-state index contributed by atoms with van der Waals surface area (Å²) < 4.78 is 33.9. The minimum Gasteiger partial charge on any atom is -0.495 e. The number of sulfonamides is 1. The Morgan fingerprint density at radius 1 is 1.09 bits per heavy atom. The zero-order valence-corrected chi connectivity index (χ0v) is 21.1. The maximum atomic E-state index is 13.6. The summed E-state index contributed by atoms with van der Waals surface area (Å²) in [6.45, 7) is -0.532. The van der Waals surface area contributed by atoms with Crippen LogP contribution in [-0.2, 0) is 14.8 Å². The van der Waals surface area contributed by atoms with Crippen molar-refractivity contribution in [3.8, 4) is 5.75 Å². The Labute approximate surface area is 210 Å². The fraction of sp³-hybridized carbons (Fsp3) is 0.0909. The van der Waals surface area contributed by atoms with E-state index in [-0.39, 0.29) is 10.6 Å². The van der Waals surface area contributed by atoms with E-state index in [1.54, 1.807) is 54.6 Å². The van der Waals surface area contributed by atoms with Crippen molar-refractivity contribution in [1.82, 2.24) is 5.43 Å². The third kappa shape index (κ3) is 6.05. The number of methoxy groups -OCH3 is 1. The quantitative estimate of drug-likeness (QED) is 0.301. The van der Waals surface area contributed by atoms with Crippen molar-refractivity contribution in [3.63, 3.8) is 0 Å². The lowest BCUT2D eigenvalue weighted by atomic mass is 10.2. The van der Waals surface area contributed by atoms with Gasteiger partial charge in [-0.1, -0.05) is 63.4 Å². The highest BCUT2D eigenvalue weighted by atomic mass is 79.9. The van der Waals surface area contributed by atoms with E-state index in [0.717, 1.165) is 4.31 Å². The van der Waals surface area contributed by atoms with Gasteiger partial charge in [-0.05, 0) is 42.5 Å². The predicted octanol–water partition coefficient (Wildman–Crippen LogP) is 5.11. The summed E-state index contributed by atoms with van der Waals surface area (Å²) >= 11 is 15.5. The van der Waals surface area contributed by atoms with Gasteiger partial charge in [-0.15, -0.1) is 0 Å². The maximum absolute atomic E-state index is 13.6. The van der Waals surface area contributed by atoms with Crippen LogP contribution in [0.25, 0.3) is 0 Å². The average Bonchev–Trinajstić information content (AvgIpc) is 2.80. The molecule has 0 radical (unpaired) electrons. The van der Waals surface area contributed by atoms with E-state index in [1.165, 1.54) is 25.5 Å². The van der Waals surface area contributed by atoms with Gasteiger partial charge < -0.3 is 4.74 Å². The van der Waals surface area contributed by atoms with Crippen molar-refractivity contribution in [2.75, 3.05) is 18.0 Å². The van der Waals surface area contributed by atoms with Crippen LogP contribution in [0, 0.1) is 0 Å². The minimum atomic E-state index is -4.18. The second kappa shape index (κ2) is 11.0. The summed E-state index contributed by atoms with van der Waals surface area (Å²) in [5.41, 5.74) is 3.04. The highest BCUT2D eigenvalue weighted by molar-refractivity contribution is 9.10. The number of nitrogens with one attached hydrogen (secondary N) is 1. The molecular formula is C22H18BrCl2N3O4S. The molecule has 0 spiro atoms. The van der Waals surface area contributed by atoms with E-state index < -0.39 is 22.5 Å². The number of para-hydroxylation sites is 1. The van der Waals surface area contributed by atoms with Gasteiger partial charge in [0, 0.05) is 10.0 Å². The normalized spacial score (nSPS) is 11.4. The summed E-state index contributed by atoms with van der Waals surface area (Å²) in [5.74, 6) is -0.526. The molecule has 0 bridgehead atoms. The summed E-state index contributed by atoms with van der Waals surface area (Å²) in [7, 11) is -2.81. The fourth-order valence-corrected chi connectivity index (χ4v) is 5.46. The number of benzene rings is 3. The highest BCUT2D eigenvalue weighted by Gasteiger charge is 2.30. The summed E-state index contributed by atoms with van der Waals surface area (Å²) in [5, 5.41) is 4.58. The van der Waals surface area contributed by atoms with Gasteiger partial charge in [0.05, 0.1) is 29.1 Å². The number of carbonyl (C=O) groups excluding carboxylic acids is 1. The molecule has 0 aliphatic rings. The Kier molecular flexibility index (Phi) is 8.36. The molecule has 11 heteroatoms. The monoisotopic (exact) mass is 569 g/mol. The number of amides is 1. The first-order chi connectivity index (χ1) is 15.7. The van der Waals surface area contributed by atoms with E-state index in [2.05, 4.69) is 26.5 Å². The molecule has 172 valence electrons. The van der Waals surface area contributed by atoms with Crippen molar-refractivity contribution >= 4 is 67.0 Å². The second-order valence-electron chi connectivity index (χ2n) is 6.57. The lowest BCUT2D eigenvalue weighted by molar-refractivity contribution is -0.119. The molecule has 3 aromatic rings. The molecule has 0 saturated carbocycles. The van der Waals surface area contributed by atoms with Crippen LogP contribution in [0.5, 0.6) is 5.75 Å². The fourth-order valence-electron chi connectivity index (χ4n) is 2.85. The lowest BCUT2D eigenvalue weighted by Crippen LogP contribution is -2.39. The van der Waals surface area contributed by atoms with Gasteiger partial charge in [0.1, 0.15) is 17.2 Å². The summed E-state index contributed by atoms with van der Waals surface area (Å²) in [6.07, 6.45) is 1.29. The molecular weight excluding hydrogens is 553 g/mol. The van der Waals surface area contributed by atoms with Crippen molar-refractivity contribution in [2.45, 2.75) is 4.90 Å². The Hall–Kier alpha value is -2.59. The summed E-state index contributed by atoms with van der Waals surface area (Å²) in [4.78, 5) is 12.6. The van der Waals surface area contributed by atoms with Crippen LogP contribution in [0.2, 0.25) is 10.0 Å². The molecule has 1 N–H and O–H groups in total. The Bertz CT molecular complexity index is 1270. The van der Waals surface area contributed by atoms with Gasteiger partial charge in [-0.2, -0.15) is 5.10 Å². The molecule has 1 amide bonds. The number of anilines is 1. The first-order valence-electron chi connectivity index (χ1n) is 9.41. The van der Waals surface area contributed by atoms with Crippen LogP contribution in [0.4, 0.5) is 5.69 Å². The van der Waals surface area contributed by atoms with E-state index in [0.29, 0.717) is 25.8 Å². The molecule has 3 aromatic carbocycles. The molecule has 0 unspecified atom stereocenters. The third-order valence-electron chi connectivity index (χ3n) is 4.41. The van der Waals surface area contributed by atoms with Gasteiger partial charge in [0.2, 0.25) is 0 Å². The van der Waals surface area contributed by atoms with E-state index in [1.807, 2.05) is 0 Å². The standard InChI is InChI=1S/C22H18BrCl2N3O4S/c1-32-20-11-10-15(23)12-21(20)33(30,31)28(16-6-3-2-4-7-16)14-22(29)27-26-13-17-18(24)8-5-9-19(17)25/h2-13H,14H2,1H3,(H,27,29)/b26-13-. The number of hydrogen-bond donors (Lipinski definition) is 1. The van der Waals surface area contributed by atoms with Crippen molar-refractivity contribution in [3.05, 3.63) is 86.8 Å². The van der Waals surface area contributed by atoms with Gasteiger partial charge in [-0.3, -0.25) is 9.10 Å². The van der Waals surface area contributed by atoms with Gasteiger partial charge in [-0.25, -0.2) is 13.8 Å². The van der Waals surface area contributed by atoms with Crippen LogP contribution >= 0.6 is 39.1 Å². The lowest BCUT2D eigenvalue weighted by Gasteiger charge is -2.24. The zero-order valence-electron chi connectivity index (χ0n) is 17.2. The first-order valence-corrected chi connectivity index (χ1v) is 12.4. The minimum absolute atomic E-state index is 0.0950. The van der Waals surface area contributed by atoms with Crippen molar-refractivity contribution in [1.29, 1.82) is 0 Å². The van der Waals surface area contributed by atoms with Crippen molar-refractivity contribution < 1.29 is 17.9 Å². The van der Waals surface area contributed by atoms with Crippen molar-refractivity contribution in [2.24, 2.45) is 5.10 Å². The largest absolute Gasteiger partial charge is 0.495 e. The van der Waals surface area contributed by atoms with Crippen LogP contribution in [-0.4, -0.2) is 34.2 Å². The molecule has 0 aliphatic heterocycles. The molecule has 3 rings (SSSR count). The van der Waals surface area contributed by atoms with E-state index in [4.69, 9.17) is 27.9 Å². The number of hydrogen-bond acceptors (Lipinski definition) is 5. The van der Waals surface area contributed by atoms with Crippen LogP contribution in [0.15, 0.2) is 81.2 Å². The molecule has 0 atom stereocenters. The van der Waals surface area contributed by atoms with Gasteiger partial charge in [0.15, 0.2) is 0 Å². The number of halogens is 3. The number of carbonyl (C=O) groups is 1. The van der Waals surface area contributed by atoms with Gasteiger partial charge >= 0.3 is 0 Å². The Balaban J connectivity index is 1.90. The average molecular weight is 571 g/mol. The predicted molar refractivity (Wildman–Crippen MR) is 134 cm³/mol. The van der Waals surface area contributed by atoms with Crippen LogP contribution < -0.4 is 14.5 Å². The number of hydrazone groups is 1. The first kappa shape index (κ1) is 25.0. The van der Waals surface area contributed by atoms with Crippen LogP contribution in [0.3, 0.4) is 0 Å². The van der Waals surface area contributed by atoms with E-state index in [9.17, 15) is 13.2 Å². The Morgan fingerprint density at radius 2 is 1.76 bits per heavy atom. The Morgan fingerprint density at radius 3 is 2.39 bits per heavy atom. The number of rotatable bonds is 8. The molecule has 0 saturated heterocycles. The number of ether oxygens (including phenoxy) is 1. The summed E-state index contributed by atoms with van der Waals surface area (Å²) in [6, 6.07) is 17.8. The SMILES string of the molecule is COc1ccc(Br)cc1S(=O)(=O)N(CC(=O)N/N=C\c1c(Cl)cccc1Cl)c1ccccc1. The van der Waals surface area contributed by atoms with Crippen LogP contribution in [0.1, 0.15) is 5.56 Å². The third-order valence-corrected chi connectivity index (χ3v) is 7.36. The molecule has 0 fully saturated rings. The van der Waals surface area contributed by atoms with Gasteiger partial charge in [0.25, 0.3) is 15.9 Å². The molecule has 0 aromatic heterocycles. The molecule has 33 heavy (non-hydrogen) atoms. The smallest absolute Gasteiger partial charge is 0.268 e. The molecule has 0 aliphatic carbocycles. The second-order valence-corrected chi connectivity index (χ2v) is 10.1. The van der Waals surface area contributed by atoms with E-state index >= 15 is 0 Å². The molecule has 0 heterocycles. The zero-order chi connectivity index (χ0) is 24.0. The maximum Gasteiger partial charge on any atom is 0.268 e.